The van der Waals surface area contributed by atoms with Crippen molar-refractivity contribution in [2.24, 2.45) is 5.92 Å². The molecule has 2 aromatic heterocycles. The van der Waals surface area contributed by atoms with Gasteiger partial charge in [0, 0.05) is 30.5 Å². The monoisotopic (exact) mass is 614 g/mol. The zero-order valence-corrected chi connectivity index (χ0v) is 25.3. The van der Waals surface area contributed by atoms with Gasteiger partial charge in [-0.2, -0.15) is 0 Å². The Morgan fingerprint density at radius 3 is 2.41 bits per heavy atom. The molecule has 2 atom stereocenters. The van der Waals surface area contributed by atoms with E-state index in [1.54, 1.807) is 35.7 Å². The molecule has 3 heterocycles. The van der Waals surface area contributed by atoms with Crippen molar-refractivity contribution in [3.05, 3.63) is 106 Å². The van der Waals surface area contributed by atoms with E-state index in [2.05, 4.69) is 25.9 Å². The standard InChI is InChI=1S/C32H34N6O5S/c1-20(2)15-24-31-37-26(19-44-31)28(40)33-13-14-38(32(42)22-11-7-4-8-12-22)17-27(39)34-23(16-21-9-5-3-6-10-21)30-36-25(18-43-30)29(41)35-24/h3-12,18-20,23-24H,13-17H2,1-2H3,(H,33,40)(H,34,39)(H,35,41)/t23-,24-/m0/s1. The molecule has 4 amide bonds. The first kappa shape index (κ1) is 30.6. The Hall–Kier alpha value is -4.84. The molecule has 0 saturated carbocycles. The van der Waals surface area contributed by atoms with Gasteiger partial charge >= 0.3 is 0 Å². The van der Waals surface area contributed by atoms with E-state index in [4.69, 9.17) is 4.42 Å². The van der Waals surface area contributed by atoms with Crippen molar-refractivity contribution in [2.75, 3.05) is 19.6 Å². The first-order chi connectivity index (χ1) is 21.3. The highest BCUT2D eigenvalue weighted by molar-refractivity contribution is 7.09. The van der Waals surface area contributed by atoms with Gasteiger partial charge in [0.1, 0.15) is 23.0 Å². The number of thiazole rings is 1. The van der Waals surface area contributed by atoms with Crippen molar-refractivity contribution in [1.82, 2.24) is 30.8 Å². The number of carbonyl (C=O) groups is 4. The van der Waals surface area contributed by atoms with Crippen LogP contribution in [0.15, 0.2) is 76.7 Å². The van der Waals surface area contributed by atoms with Gasteiger partial charge in [-0.05, 0) is 30.0 Å². The topological polar surface area (TPSA) is 147 Å². The molecule has 1 aliphatic rings. The molecule has 0 unspecified atom stereocenters. The van der Waals surface area contributed by atoms with Crippen LogP contribution in [0.2, 0.25) is 0 Å². The summed E-state index contributed by atoms with van der Waals surface area (Å²) in [4.78, 5) is 63.5. The number of hydrogen-bond donors (Lipinski definition) is 3. The molecule has 0 aliphatic carbocycles. The molecular formula is C32H34N6O5S. The SMILES string of the molecule is CC(C)C[C@@H]1NC(=O)c2coc(n2)[C@H](Cc2ccccc2)NC(=O)CN(C(=O)c2ccccc2)CCNC(=O)c2csc1n2. The number of nitrogens with zero attached hydrogens (tertiary/aromatic N) is 3. The molecule has 0 saturated heterocycles. The number of benzene rings is 2. The highest BCUT2D eigenvalue weighted by Gasteiger charge is 2.28. The molecule has 0 spiro atoms. The minimum Gasteiger partial charge on any atom is -0.446 e. The third-order valence-electron chi connectivity index (χ3n) is 7.05. The second-order valence-electron chi connectivity index (χ2n) is 11.0. The fourth-order valence-corrected chi connectivity index (χ4v) is 5.77. The van der Waals surface area contributed by atoms with Gasteiger partial charge in [0.15, 0.2) is 5.69 Å². The van der Waals surface area contributed by atoms with Crippen molar-refractivity contribution < 1.29 is 23.6 Å². The lowest BCUT2D eigenvalue weighted by atomic mass is 10.0. The van der Waals surface area contributed by atoms with E-state index in [0.717, 1.165) is 5.56 Å². The number of rotatable bonds is 5. The van der Waals surface area contributed by atoms with Gasteiger partial charge in [-0.1, -0.05) is 62.4 Å². The number of fused-ring (bicyclic) bond motifs is 4. The Morgan fingerprint density at radius 1 is 0.955 bits per heavy atom. The number of hydrogen-bond acceptors (Lipinski definition) is 8. The molecule has 228 valence electrons. The number of carbonyl (C=O) groups excluding carboxylic acids is 4. The normalized spacial score (nSPS) is 18.2. The van der Waals surface area contributed by atoms with Crippen molar-refractivity contribution in [3.8, 4) is 0 Å². The van der Waals surface area contributed by atoms with E-state index < -0.39 is 29.8 Å². The summed E-state index contributed by atoms with van der Waals surface area (Å²) >= 11 is 1.28. The molecule has 0 fully saturated rings. The van der Waals surface area contributed by atoms with Crippen LogP contribution < -0.4 is 16.0 Å². The van der Waals surface area contributed by atoms with Gasteiger partial charge < -0.3 is 25.3 Å². The lowest BCUT2D eigenvalue weighted by Crippen LogP contribution is -2.45. The Labute approximate surface area is 259 Å². The maximum absolute atomic E-state index is 13.4. The van der Waals surface area contributed by atoms with E-state index in [1.807, 2.05) is 44.2 Å². The van der Waals surface area contributed by atoms with Crippen LogP contribution in [0.1, 0.15) is 80.1 Å². The molecule has 44 heavy (non-hydrogen) atoms. The molecular weight excluding hydrogens is 580 g/mol. The van der Waals surface area contributed by atoms with E-state index in [-0.39, 0.29) is 48.7 Å². The molecule has 0 radical (unpaired) electrons. The zero-order valence-electron chi connectivity index (χ0n) is 24.5. The molecule has 3 N–H and O–H groups in total. The van der Waals surface area contributed by atoms with Crippen LogP contribution in [0, 0.1) is 5.92 Å². The second-order valence-corrected chi connectivity index (χ2v) is 11.8. The average Bonchev–Trinajstić information content (AvgIpc) is 3.71. The second kappa shape index (κ2) is 14.1. The van der Waals surface area contributed by atoms with Gasteiger partial charge in [-0.15, -0.1) is 11.3 Å². The fraction of sp³-hybridized carbons (Fsp3) is 0.312. The smallest absolute Gasteiger partial charge is 0.273 e. The van der Waals surface area contributed by atoms with Gasteiger partial charge in [-0.25, -0.2) is 9.97 Å². The third kappa shape index (κ3) is 7.75. The summed E-state index contributed by atoms with van der Waals surface area (Å²) in [6, 6.07) is 17.0. The zero-order chi connectivity index (χ0) is 31.1. The van der Waals surface area contributed by atoms with Gasteiger partial charge in [-0.3, -0.25) is 19.2 Å². The predicted octanol–water partition coefficient (Wildman–Crippen LogP) is 3.93. The van der Waals surface area contributed by atoms with Crippen LogP contribution in [0.3, 0.4) is 0 Å². The largest absolute Gasteiger partial charge is 0.446 e. The van der Waals surface area contributed by atoms with Crippen molar-refractivity contribution in [1.29, 1.82) is 0 Å². The number of oxazole rings is 1. The molecule has 5 rings (SSSR count). The summed E-state index contributed by atoms with van der Waals surface area (Å²) in [5.41, 5.74) is 1.59. The summed E-state index contributed by atoms with van der Waals surface area (Å²) in [6.45, 7) is 3.97. The summed E-state index contributed by atoms with van der Waals surface area (Å²) in [5, 5.41) is 11.0. The van der Waals surface area contributed by atoms with Crippen LogP contribution in [-0.4, -0.2) is 58.1 Å². The summed E-state index contributed by atoms with van der Waals surface area (Å²) in [7, 11) is 0. The molecule has 2 aromatic carbocycles. The molecule has 1 aliphatic heterocycles. The summed E-state index contributed by atoms with van der Waals surface area (Å²) in [5.74, 6) is -1.29. The lowest BCUT2D eigenvalue weighted by molar-refractivity contribution is -0.122. The van der Waals surface area contributed by atoms with Crippen LogP contribution in [-0.2, 0) is 11.2 Å². The Morgan fingerprint density at radius 2 is 1.68 bits per heavy atom. The van der Waals surface area contributed by atoms with E-state index in [9.17, 15) is 19.2 Å². The molecule has 4 aromatic rings. The fourth-order valence-electron chi connectivity index (χ4n) is 4.90. The third-order valence-corrected chi connectivity index (χ3v) is 8.00. The Bertz CT molecular complexity index is 1600. The Balaban J connectivity index is 1.48. The maximum atomic E-state index is 13.4. The summed E-state index contributed by atoms with van der Waals surface area (Å²) < 4.78 is 5.75. The van der Waals surface area contributed by atoms with Crippen molar-refractivity contribution in [2.45, 2.75) is 38.8 Å². The number of aromatic nitrogens is 2. The van der Waals surface area contributed by atoms with Gasteiger partial charge in [0.2, 0.25) is 11.8 Å². The van der Waals surface area contributed by atoms with Gasteiger partial charge in [0.05, 0.1) is 12.6 Å². The van der Waals surface area contributed by atoms with Crippen LogP contribution in [0.25, 0.3) is 0 Å². The average molecular weight is 615 g/mol. The quantitative estimate of drug-likeness (QED) is 0.309. The first-order valence-electron chi connectivity index (χ1n) is 14.4. The lowest BCUT2D eigenvalue weighted by Gasteiger charge is -2.24. The Kier molecular flexibility index (Phi) is 9.80. The summed E-state index contributed by atoms with van der Waals surface area (Å²) in [6.07, 6.45) is 2.20. The number of amides is 4. The van der Waals surface area contributed by atoms with E-state index in [1.165, 1.54) is 22.5 Å². The van der Waals surface area contributed by atoms with E-state index in [0.29, 0.717) is 23.4 Å². The van der Waals surface area contributed by atoms with Crippen LogP contribution in [0.4, 0.5) is 0 Å². The van der Waals surface area contributed by atoms with Crippen molar-refractivity contribution >= 4 is 35.0 Å². The number of nitrogens with one attached hydrogen (secondary N) is 3. The minimum absolute atomic E-state index is 0.0533. The van der Waals surface area contributed by atoms with Crippen LogP contribution >= 0.6 is 11.3 Å². The molecule has 12 heteroatoms. The molecule has 11 nitrogen and oxygen atoms in total. The van der Waals surface area contributed by atoms with E-state index >= 15 is 0 Å². The minimum atomic E-state index is -0.716. The van der Waals surface area contributed by atoms with Gasteiger partial charge in [0.25, 0.3) is 17.7 Å². The molecule has 4 bridgehead atoms. The highest BCUT2D eigenvalue weighted by Crippen LogP contribution is 2.26. The predicted molar refractivity (Wildman–Crippen MR) is 164 cm³/mol. The highest BCUT2D eigenvalue weighted by atomic mass is 32.1. The first-order valence-corrected chi connectivity index (χ1v) is 15.3. The van der Waals surface area contributed by atoms with Crippen molar-refractivity contribution in [3.63, 3.8) is 0 Å². The maximum Gasteiger partial charge on any atom is 0.273 e. The van der Waals surface area contributed by atoms with Crippen LogP contribution in [0.5, 0.6) is 0 Å².